The summed E-state index contributed by atoms with van der Waals surface area (Å²) in [6, 6.07) is 10.6. The van der Waals surface area contributed by atoms with Crippen molar-refractivity contribution >= 4 is 12.0 Å². The van der Waals surface area contributed by atoms with Crippen molar-refractivity contribution in [1.29, 1.82) is 0 Å². The lowest BCUT2D eigenvalue weighted by atomic mass is 9.85. The van der Waals surface area contributed by atoms with Crippen molar-refractivity contribution in [3.05, 3.63) is 81.7 Å². The Labute approximate surface area is 295 Å². The van der Waals surface area contributed by atoms with Gasteiger partial charge >= 0.3 is 0 Å². The average Bonchev–Trinajstić information content (AvgIpc) is 3.67. The van der Waals surface area contributed by atoms with Crippen LogP contribution in [0.5, 0.6) is 11.5 Å². The number of hydrogen-bond acceptors (Lipinski definition) is 10. The quantitative estimate of drug-likeness (QED) is 0.0821. The van der Waals surface area contributed by atoms with E-state index >= 15 is 0 Å². The number of ether oxygens (including phenoxy) is 1. The van der Waals surface area contributed by atoms with E-state index in [4.69, 9.17) is 16.2 Å². The summed E-state index contributed by atoms with van der Waals surface area (Å²) >= 11 is 0. The van der Waals surface area contributed by atoms with Gasteiger partial charge in [-0.2, -0.15) is 0 Å². The first kappa shape index (κ1) is 37.3. The monoisotopic (exact) mass is 684 g/mol. The second-order valence-electron chi connectivity index (χ2n) is 13.7. The van der Waals surface area contributed by atoms with Crippen molar-refractivity contribution in [2.45, 2.75) is 115 Å². The van der Waals surface area contributed by atoms with E-state index in [0.717, 1.165) is 59.2 Å². The molecule has 0 aromatic heterocycles. The maximum atomic E-state index is 13.4. The molecule has 0 aliphatic carbocycles. The van der Waals surface area contributed by atoms with Crippen LogP contribution in [0.15, 0.2) is 64.4 Å². The molecule has 5 atom stereocenters. The molecule has 3 aliphatic heterocycles. The normalized spacial score (nSPS) is 20.0. The molecule has 2 aromatic carbocycles. The molecule has 10 nitrogen and oxygen atoms in total. The Morgan fingerprint density at radius 2 is 1.92 bits per heavy atom. The van der Waals surface area contributed by atoms with Crippen LogP contribution < -0.4 is 16.2 Å². The Morgan fingerprint density at radius 1 is 1.10 bits per heavy atom. The van der Waals surface area contributed by atoms with Crippen molar-refractivity contribution in [1.82, 2.24) is 4.90 Å². The number of hydrogen-bond donors (Lipinski definition) is 6. The van der Waals surface area contributed by atoms with Gasteiger partial charge in [0, 0.05) is 36.9 Å². The Hall–Kier alpha value is -3.98. The van der Waals surface area contributed by atoms with Gasteiger partial charge in [0.25, 0.3) is 0 Å². The summed E-state index contributed by atoms with van der Waals surface area (Å²) < 4.78 is 6.43. The number of benzene rings is 2. The van der Waals surface area contributed by atoms with Gasteiger partial charge in [-0.1, -0.05) is 75.6 Å². The largest absolute Gasteiger partial charge is 0.504 e. The van der Waals surface area contributed by atoms with Crippen LogP contribution in [-0.4, -0.2) is 62.3 Å². The summed E-state index contributed by atoms with van der Waals surface area (Å²) in [6.07, 6.45) is 6.45. The van der Waals surface area contributed by atoms with Crippen molar-refractivity contribution in [2.75, 3.05) is 6.54 Å². The number of carbonyl (C=O) groups is 1. The SMILES string of the molecule is CCCCC[C@H](C(=O)CCc1ccc(O)c(O[C@@H]2CC#C[C@H](O)c3ccc(C(N)N)cc3CC3=C4CN2C=C4N=C3)c1)[C@H](O)C[C@H](O)CCC. The van der Waals surface area contributed by atoms with Crippen LogP contribution in [0, 0.1) is 17.8 Å². The van der Waals surface area contributed by atoms with Crippen LogP contribution >= 0.6 is 0 Å². The van der Waals surface area contributed by atoms with Gasteiger partial charge in [-0.05, 0) is 72.1 Å². The number of aliphatic hydroxyl groups excluding tert-OH is 3. The van der Waals surface area contributed by atoms with Gasteiger partial charge < -0.3 is 41.5 Å². The minimum absolute atomic E-state index is 0.0236. The van der Waals surface area contributed by atoms with E-state index < -0.39 is 36.6 Å². The van der Waals surface area contributed by atoms with E-state index in [1.54, 1.807) is 18.2 Å². The first-order valence-corrected chi connectivity index (χ1v) is 18.0. The maximum Gasteiger partial charge on any atom is 0.183 e. The number of unbranched alkanes of at least 4 members (excludes halogenated alkanes) is 2. The van der Waals surface area contributed by atoms with Crippen molar-refractivity contribution < 1.29 is 30.0 Å². The molecule has 3 heterocycles. The number of carbonyl (C=O) groups excluding carboxylic acids is 1. The molecule has 5 rings (SSSR count). The Morgan fingerprint density at radius 3 is 2.68 bits per heavy atom. The summed E-state index contributed by atoms with van der Waals surface area (Å²) in [7, 11) is 0. The highest BCUT2D eigenvalue weighted by Gasteiger charge is 2.32. The van der Waals surface area contributed by atoms with Gasteiger partial charge in [0.1, 0.15) is 11.9 Å². The number of aryl methyl sites for hydroxylation is 1. The third-order valence-corrected chi connectivity index (χ3v) is 9.88. The van der Waals surface area contributed by atoms with Crippen LogP contribution in [0.1, 0.15) is 106 Å². The first-order chi connectivity index (χ1) is 24.1. The molecule has 8 N–H and O–H groups in total. The number of allylic oxidation sites excluding steroid dienone is 1. The minimum Gasteiger partial charge on any atom is -0.504 e. The van der Waals surface area contributed by atoms with E-state index in [1.165, 1.54) is 0 Å². The predicted molar refractivity (Wildman–Crippen MR) is 194 cm³/mol. The second-order valence-corrected chi connectivity index (χ2v) is 13.7. The zero-order valence-corrected chi connectivity index (χ0v) is 29.2. The molecule has 3 aliphatic rings. The van der Waals surface area contributed by atoms with Crippen molar-refractivity contribution in [3.63, 3.8) is 0 Å². The highest BCUT2D eigenvalue weighted by Crippen LogP contribution is 2.36. The number of rotatable bonds is 16. The number of Topliss-reactive ketones (excluding diaryl/α,β-unsaturated/α-hetero) is 1. The fraction of sp³-hybridized carbons (Fsp3) is 0.500. The average molecular weight is 685 g/mol. The van der Waals surface area contributed by atoms with E-state index in [1.807, 2.05) is 42.4 Å². The highest BCUT2D eigenvalue weighted by molar-refractivity contribution is 5.87. The molecule has 2 bridgehead atoms. The van der Waals surface area contributed by atoms with Gasteiger partial charge in [-0.3, -0.25) is 9.79 Å². The molecule has 10 heteroatoms. The lowest BCUT2D eigenvalue weighted by Crippen LogP contribution is -2.35. The molecular formula is C40H52N4O6. The number of nitrogens with two attached hydrogens (primary N) is 2. The number of nitrogens with zero attached hydrogens (tertiary/aromatic N) is 2. The summed E-state index contributed by atoms with van der Waals surface area (Å²) in [5, 5.41) is 43.2. The van der Waals surface area contributed by atoms with Gasteiger partial charge in [0.05, 0.1) is 30.5 Å². The van der Waals surface area contributed by atoms with Gasteiger partial charge in [0.2, 0.25) is 0 Å². The molecule has 268 valence electrons. The lowest BCUT2D eigenvalue weighted by molar-refractivity contribution is -0.127. The summed E-state index contributed by atoms with van der Waals surface area (Å²) in [6.45, 7) is 4.62. The van der Waals surface area contributed by atoms with Crippen molar-refractivity contribution in [2.24, 2.45) is 22.4 Å². The summed E-state index contributed by atoms with van der Waals surface area (Å²) in [5.41, 5.74) is 18.0. The number of ketones is 1. The maximum absolute atomic E-state index is 13.4. The third-order valence-electron chi connectivity index (χ3n) is 9.88. The molecular weight excluding hydrogens is 632 g/mol. The molecule has 0 saturated carbocycles. The zero-order valence-electron chi connectivity index (χ0n) is 29.2. The zero-order chi connectivity index (χ0) is 35.8. The molecule has 0 radical (unpaired) electrons. The molecule has 2 aromatic rings. The third kappa shape index (κ3) is 9.22. The van der Waals surface area contributed by atoms with Crippen LogP contribution in [0.3, 0.4) is 0 Å². The van der Waals surface area contributed by atoms with Gasteiger partial charge in [-0.15, -0.1) is 0 Å². The fourth-order valence-electron chi connectivity index (χ4n) is 6.97. The van der Waals surface area contributed by atoms with Crippen molar-refractivity contribution in [3.8, 4) is 23.3 Å². The van der Waals surface area contributed by atoms with Crippen LogP contribution in [-0.2, 0) is 17.6 Å². The van der Waals surface area contributed by atoms with Crippen LogP contribution in [0.2, 0.25) is 0 Å². The standard InChI is InChI=1S/C40H52N4O6/c1-3-5-6-9-31(37(49)21-29(45)8-4-2)35(47)16-12-25-13-17-36(48)38(18-25)50-39-11-7-10-34(46)30-15-14-26(40(41)42)19-27(30)20-28-22-43-33-24-44(39)23-32(28)33/h13-15,17-19,22,24,29,31,34,37,39-40,45-46,48-49H,3-6,8-9,11-12,16,20-21,23,41-42H2,1-2H3/t29-,31-,34+,37-,39-/m1/s1. The van der Waals surface area contributed by atoms with E-state index in [-0.39, 0.29) is 36.5 Å². The topological polar surface area (TPSA) is 175 Å². The van der Waals surface area contributed by atoms with Crippen LogP contribution in [0.4, 0.5) is 0 Å². The van der Waals surface area contributed by atoms with E-state index in [0.29, 0.717) is 37.8 Å². The number of aliphatic imine (C=N–C) groups is 1. The Kier molecular flexibility index (Phi) is 12.9. The molecule has 0 fully saturated rings. The number of aliphatic hydroxyl groups is 3. The number of aromatic hydroxyl groups is 1. The lowest BCUT2D eigenvalue weighted by Gasteiger charge is -2.28. The van der Waals surface area contributed by atoms with Gasteiger partial charge in [0.15, 0.2) is 17.7 Å². The minimum atomic E-state index is -1.04. The number of phenols is 1. The molecule has 50 heavy (non-hydrogen) atoms. The highest BCUT2D eigenvalue weighted by atomic mass is 16.5. The fourth-order valence-corrected chi connectivity index (χ4v) is 6.97. The summed E-state index contributed by atoms with van der Waals surface area (Å²) in [4.78, 5) is 20.1. The number of phenolic OH excluding ortho intramolecular Hbond substituents is 1. The predicted octanol–water partition coefficient (Wildman–Crippen LogP) is 4.84. The van der Waals surface area contributed by atoms with Crippen LogP contribution in [0.25, 0.3) is 0 Å². The van der Waals surface area contributed by atoms with E-state index in [9.17, 15) is 25.2 Å². The second kappa shape index (κ2) is 17.3. The molecule has 0 unspecified atom stereocenters. The Bertz CT molecular complexity index is 1670. The smallest absolute Gasteiger partial charge is 0.183 e. The number of fused-ring (bicyclic) bond motifs is 2. The molecule has 0 saturated heterocycles. The Balaban J connectivity index is 1.33. The first-order valence-electron chi connectivity index (χ1n) is 18.0. The van der Waals surface area contributed by atoms with E-state index in [2.05, 4.69) is 23.8 Å². The van der Waals surface area contributed by atoms with Gasteiger partial charge in [-0.25, -0.2) is 0 Å². The summed E-state index contributed by atoms with van der Waals surface area (Å²) in [5.74, 6) is 5.75. The molecule has 0 spiro atoms. The molecule has 0 amide bonds.